The van der Waals surface area contributed by atoms with E-state index in [9.17, 15) is 4.79 Å². The van der Waals surface area contributed by atoms with Crippen LogP contribution in [0.2, 0.25) is 0 Å². The van der Waals surface area contributed by atoms with Gasteiger partial charge in [-0.25, -0.2) is 4.98 Å². The van der Waals surface area contributed by atoms with Crippen molar-refractivity contribution in [1.82, 2.24) is 25.1 Å². The Morgan fingerprint density at radius 2 is 1.93 bits per heavy atom. The minimum atomic E-state index is -0.154. The number of hydrogen-bond donors (Lipinski definition) is 1. The fourth-order valence-electron chi connectivity index (χ4n) is 3.51. The first-order chi connectivity index (χ1) is 14.1. The lowest BCUT2D eigenvalue weighted by molar-refractivity contribution is 0.0941. The Morgan fingerprint density at radius 3 is 2.66 bits per heavy atom. The van der Waals surface area contributed by atoms with Crippen LogP contribution in [0.4, 0.5) is 0 Å². The van der Waals surface area contributed by atoms with Gasteiger partial charge >= 0.3 is 0 Å². The highest BCUT2D eigenvalue weighted by atomic mass is 16.1. The van der Waals surface area contributed by atoms with Crippen LogP contribution in [0.5, 0.6) is 0 Å². The van der Waals surface area contributed by atoms with Crippen molar-refractivity contribution in [2.45, 2.75) is 33.4 Å². The zero-order chi connectivity index (χ0) is 20.4. The van der Waals surface area contributed by atoms with E-state index in [2.05, 4.69) is 15.4 Å². The van der Waals surface area contributed by atoms with Crippen LogP contribution in [-0.4, -0.2) is 25.7 Å². The number of fused-ring (bicyclic) bond motifs is 1. The second-order valence-electron chi connectivity index (χ2n) is 7.03. The molecule has 0 aliphatic carbocycles. The number of benzene rings is 1. The van der Waals surface area contributed by atoms with E-state index < -0.39 is 0 Å². The molecule has 1 amide bonds. The van der Waals surface area contributed by atoms with Gasteiger partial charge in [0.2, 0.25) is 0 Å². The molecule has 146 valence electrons. The van der Waals surface area contributed by atoms with E-state index in [0.29, 0.717) is 5.56 Å². The average molecular weight is 385 g/mol. The monoisotopic (exact) mass is 385 g/mol. The molecule has 0 bridgehead atoms. The Kier molecular flexibility index (Phi) is 5.08. The van der Waals surface area contributed by atoms with Crippen LogP contribution in [0.1, 0.15) is 41.5 Å². The number of para-hydroxylation sites is 1. The van der Waals surface area contributed by atoms with Crippen molar-refractivity contribution >= 4 is 16.8 Å². The van der Waals surface area contributed by atoms with E-state index in [0.717, 1.165) is 40.0 Å². The number of amides is 1. The first kappa shape index (κ1) is 18.8. The highest BCUT2D eigenvalue weighted by Gasteiger charge is 2.19. The zero-order valence-electron chi connectivity index (χ0n) is 16.8. The number of carbonyl (C=O) groups is 1. The topological polar surface area (TPSA) is 72.7 Å². The highest BCUT2D eigenvalue weighted by Crippen LogP contribution is 2.25. The third-order valence-electron chi connectivity index (χ3n) is 5.06. The maximum atomic E-state index is 13.2. The Hall–Kier alpha value is -3.54. The van der Waals surface area contributed by atoms with Gasteiger partial charge in [0.15, 0.2) is 0 Å². The lowest BCUT2D eigenvalue weighted by Crippen LogP contribution is -2.27. The highest BCUT2D eigenvalue weighted by molar-refractivity contribution is 6.07. The summed E-state index contributed by atoms with van der Waals surface area (Å²) in [4.78, 5) is 22.0. The van der Waals surface area contributed by atoms with Crippen molar-refractivity contribution in [2.24, 2.45) is 0 Å². The largest absolute Gasteiger partial charge is 0.345 e. The van der Waals surface area contributed by atoms with Crippen molar-refractivity contribution in [3.8, 4) is 11.3 Å². The summed E-state index contributed by atoms with van der Waals surface area (Å²) in [6, 6.07) is 13.2. The van der Waals surface area contributed by atoms with Gasteiger partial charge in [0.05, 0.1) is 28.5 Å². The van der Waals surface area contributed by atoms with Gasteiger partial charge < -0.3 is 5.32 Å². The minimum Gasteiger partial charge on any atom is -0.345 e. The number of pyridine rings is 2. The molecule has 3 heterocycles. The van der Waals surface area contributed by atoms with Crippen LogP contribution in [0.3, 0.4) is 0 Å². The number of aromatic nitrogens is 4. The van der Waals surface area contributed by atoms with E-state index in [1.165, 1.54) is 0 Å². The standard InChI is InChI=1S/C23H23N5O/c1-4-28-14-20(16(3)27-28)15(2)25-23(29)19-13-22(17-9-11-24-12-10-17)26-21-8-6-5-7-18(19)21/h5-15H,4H2,1-3H3,(H,25,29)/t15-/m0/s1. The predicted octanol–water partition coefficient (Wildman–Crippen LogP) is 4.31. The summed E-state index contributed by atoms with van der Waals surface area (Å²) >= 11 is 0. The van der Waals surface area contributed by atoms with Crippen LogP contribution in [0.15, 0.2) is 61.1 Å². The molecule has 0 saturated carbocycles. The van der Waals surface area contributed by atoms with Crippen molar-refractivity contribution in [3.05, 3.63) is 77.9 Å². The molecule has 6 nitrogen and oxygen atoms in total. The van der Waals surface area contributed by atoms with E-state index in [1.54, 1.807) is 12.4 Å². The summed E-state index contributed by atoms with van der Waals surface area (Å²) < 4.78 is 1.89. The van der Waals surface area contributed by atoms with Crippen LogP contribution < -0.4 is 5.32 Å². The molecule has 1 N–H and O–H groups in total. The second kappa shape index (κ2) is 7.83. The summed E-state index contributed by atoms with van der Waals surface area (Å²) in [6.45, 7) is 6.79. The normalized spacial score (nSPS) is 12.1. The van der Waals surface area contributed by atoms with Gasteiger partial charge in [0, 0.05) is 41.6 Å². The zero-order valence-corrected chi connectivity index (χ0v) is 16.8. The van der Waals surface area contributed by atoms with Crippen LogP contribution in [-0.2, 0) is 6.54 Å². The molecule has 0 unspecified atom stereocenters. The first-order valence-corrected chi connectivity index (χ1v) is 9.71. The quantitative estimate of drug-likeness (QED) is 0.555. The molecule has 6 heteroatoms. The molecule has 0 saturated heterocycles. The maximum Gasteiger partial charge on any atom is 0.252 e. The Morgan fingerprint density at radius 1 is 1.17 bits per heavy atom. The van der Waals surface area contributed by atoms with Gasteiger partial charge in [0.25, 0.3) is 5.91 Å². The van der Waals surface area contributed by atoms with Gasteiger partial charge in [-0.1, -0.05) is 18.2 Å². The molecule has 0 fully saturated rings. The van der Waals surface area contributed by atoms with Gasteiger partial charge in [-0.15, -0.1) is 0 Å². The first-order valence-electron chi connectivity index (χ1n) is 9.71. The number of carbonyl (C=O) groups excluding carboxylic acids is 1. The third-order valence-corrected chi connectivity index (χ3v) is 5.06. The molecule has 29 heavy (non-hydrogen) atoms. The average Bonchev–Trinajstić information content (AvgIpc) is 3.14. The maximum absolute atomic E-state index is 13.2. The Labute approximate surface area is 169 Å². The summed E-state index contributed by atoms with van der Waals surface area (Å²) in [6.07, 6.45) is 5.44. The summed E-state index contributed by atoms with van der Waals surface area (Å²) in [5.41, 5.74) is 5.01. The second-order valence-corrected chi connectivity index (χ2v) is 7.03. The fraction of sp³-hybridized carbons (Fsp3) is 0.217. The molecule has 1 atom stereocenters. The Balaban J connectivity index is 1.72. The van der Waals surface area contributed by atoms with E-state index in [1.807, 2.05) is 74.1 Å². The van der Waals surface area contributed by atoms with Crippen LogP contribution in [0.25, 0.3) is 22.2 Å². The number of nitrogens with one attached hydrogen (secondary N) is 1. The Bertz CT molecular complexity index is 1170. The summed E-state index contributed by atoms with van der Waals surface area (Å²) in [5, 5.41) is 8.44. The SMILES string of the molecule is CCn1cc([C@H](C)NC(=O)c2cc(-c3ccncc3)nc3ccccc23)c(C)n1. The molecular weight excluding hydrogens is 362 g/mol. The van der Waals surface area contributed by atoms with Crippen molar-refractivity contribution in [1.29, 1.82) is 0 Å². The number of hydrogen-bond acceptors (Lipinski definition) is 4. The predicted molar refractivity (Wildman–Crippen MR) is 113 cm³/mol. The van der Waals surface area contributed by atoms with Crippen molar-refractivity contribution in [2.75, 3.05) is 0 Å². The lowest BCUT2D eigenvalue weighted by atomic mass is 10.0. The molecule has 4 rings (SSSR count). The van der Waals surface area contributed by atoms with Gasteiger partial charge in [0.1, 0.15) is 0 Å². The van der Waals surface area contributed by atoms with E-state index in [4.69, 9.17) is 4.98 Å². The van der Waals surface area contributed by atoms with E-state index in [-0.39, 0.29) is 11.9 Å². The molecule has 0 spiro atoms. The van der Waals surface area contributed by atoms with Crippen LogP contribution in [0, 0.1) is 6.92 Å². The molecule has 3 aromatic heterocycles. The minimum absolute atomic E-state index is 0.130. The van der Waals surface area contributed by atoms with Crippen molar-refractivity contribution in [3.63, 3.8) is 0 Å². The fourth-order valence-corrected chi connectivity index (χ4v) is 3.51. The third kappa shape index (κ3) is 3.74. The molecule has 0 aliphatic heterocycles. The van der Waals surface area contributed by atoms with E-state index >= 15 is 0 Å². The van der Waals surface area contributed by atoms with Gasteiger partial charge in [-0.05, 0) is 45.0 Å². The summed E-state index contributed by atoms with van der Waals surface area (Å²) in [7, 11) is 0. The number of nitrogens with zero attached hydrogens (tertiary/aromatic N) is 4. The summed E-state index contributed by atoms with van der Waals surface area (Å²) in [5.74, 6) is -0.130. The number of rotatable bonds is 5. The molecular formula is C23H23N5O. The van der Waals surface area contributed by atoms with Crippen LogP contribution >= 0.6 is 0 Å². The van der Waals surface area contributed by atoms with Crippen molar-refractivity contribution < 1.29 is 4.79 Å². The number of aryl methyl sites for hydroxylation is 2. The lowest BCUT2D eigenvalue weighted by Gasteiger charge is -2.15. The van der Waals surface area contributed by atoms with Gasteiger partial charge in [-0.2, -0.15) is 5.10 Å². The smallest absolute Gasteiger partial charge is 0.252 e. The van der Waals surface area contributed by atoms with Gasteiger partial charge in [-0.3, -0.25) is 14.5 Å². The molecule has 4 aromatic rings. The molecule has 1 aromatic carbocycles. The molecule has 0 aliphatic rings. The molecule has 0 radical (unpaired) electrons.